The van der Waals surface area contributed by atoms with E-state index in [1.165, 1.54) is 6.42 Å². The zero-order valence-electron chi connectivity index (χ0n) is 10.1. The highest BCUT2D eigenvalue weighted by Crippen LogP contribution is 2.20. The zero-order valence-corrected chi connectivity index (χ0v) is 10.9. The van der Waals surface area contributed by atoms with Crippen LogP contribution < -0.4 is 5.73 Å². The smallest absolute Gasteiger partial charge is 0.227 e. The Morgan fingerprint density at radius 1 is 1.53 bits per heavy atom. The van der Waals surface area contributed by atoms with Crippen molar-refractivity contribution in [3.63, 3.8) is 0 Å². The molecule has 1 aromatic rings. The Kier molecular flexibility index (Phi) is 4.57. The van der Waals surface area contributed by atoms with Gasteiger partial charge >= 0.3 is 0 Å². The number of carbonyl (C=O) groups excluding carboxylic acids is 1. The summed E-state index contributed by atoms with van der Waals surface area (Å²) in [4.78, 5) is 14.3. The molecule has 1 aromatic heterocycles. The molecule has 2 N–H and O–H groups in total. The van der Waals surface area contributed by atoms with Crippen molar-refractivity contribution in [1.82, 2.24) is 4.90 Å². The number of likely N-dealkylation sites (tertiary alicyclic amines) is 1. The van der Waals surface area contributed by atoms with Crippen molar-refractivity contribution < 1.29 is 4.79 Å². The topological polar surface area (TPSA) is 46.3 Å². The fraction of sp³-hybridized carbons (Fsp3) is 0.615. The quantitative estimate of drug-likeness (QED) is 0.891. The van der Waals surface area contributed by atoms with Crippen LogP contribution in [0.3, 0.4) is 0 Å². The lowest BCUT2D eigenvalue weighted by molar-refractivity contribution is -0.134. The van der Waals surface area contributed by atoms with E-state index in [0.717, 1.165) is 31.4 Å². The van der Waals surface area contributed by atoms with Crippen molar-refractivity contribution >= 4 is 17.2 Å². The molecule has 1 atom stereocenters. The summed E-state index contributed by atoms with van der Waals surface area (Å²) >= 11 is 1.65. The average Bonchev–Trinajstić information content (AvgIpc) is 2.83. The fourth-order valence-electron chi connectivity index (χ4n) is 2.49. The first-order valence-corrected chi connectivity index (χ1v) is 7.26. The highest BCUT2D eigenvalue weighted by atomic mass is 32.1. The van der Waals surface area contributed by atoms with Gasteiger partial charge in [-0.25, -0.2) is 0 Å². The Bertz CT molecular complexity index is 348. The molecule has 17 heavy (non-hydrogen) atoms. The van der Waals surface area contributed by atoms with E-state index in [2.05, 4.69) is 5.38 Å². The predicted octanol–water partition coefficient (Wildman–Crippen LogP) is 2.02. The third-order valence-corrected chi connectivity index (χ3v) is 4.11. The maximum Gasteiger partial charge on any atom is 0.227 e. The maximum absolute atomic E-state index is 12.2. The Hall–Kier alpha value is -0.870. The summed E-state index contributed by atoms with van der Waals surface area (Å²) in [6, 6.07) is 2.41. The molecule has 2 heterocycles. The minimum absolute atomic E-state index is 0.265. The molecule has 1 saturated heterocycles. The van der Waals surface area contributed by atoms with Crippen molar-refractivity contribution in [1.29, 1.82) is 0 Å². The molecule has 1 aliphatic heterocycles. The van der Waals surface area contributed by atoms with Gasteiger partial charge in [-0.3, -0.25) is 4.79 Å². The van der Waals surface area contributed by atoms with Gasteiger partial charge in [0.2, 0.25) is 5.91 Å². The summed E-state index contributed by atoms with van der Waals surface area (Å²) in [6.07, 6.45) is 4.97. The van der Waals surface area contributed by atoms with E-state index in [-0.39, 0.29) is 5.91 Å². The van der Waals surface area contributed by atoms with Crippen LogP contribution in [-0.4, -0.2) is 29.9 Å². The van der Waals surface area contributed by atoms with Gasteiger partial charge in [-0.15, -0.1) is 0 Å². The third kappa shape index (κ3) is 3.30. The zero-order chi connectivity index (χ0) is 12.1. The van der Waals surface area contributed by atoms with Gasteiger partial charge in [-0.1, -0.05) is 0 Å². The molecule has 0 radical (unpaired) electrons. The molecule has 4 heteroatoms. The molecule has 94 valence electrons. The first kappa shape index (κ1) is 12.6. The monoisotopic (exact) mass is 252 g/mol. The molecular weight excluding hydrogens is 232 g/mol. The molecule has 1 aliphatic rings. The first-order valence-electron chi connectivity index (χ1n) is 6.32. The van der Waals surface area contributed by atoms with E-state index in [9.17, 15) is 4.79 Å². The lowest BCUT2D eigenvalue weighted by Gasteiger charge is -2.35. The molecule has 1 fully saturated rings. The molecule has 0 aromatic carbocycles. The van der Waals surface area contributed by atoms with Crippen LogP contribution in [0.1, 0.15) is 31.2 Å². The minimum atomic E-state index is 0.265. The van der Waals surface area contributed by atoms with Crippen LogP contribution in [0.2, 0.25) is 0 Å². The van der Waals surface area contributed by atoms with Crippen LogP contribution in [-0.2, 0) is 11.2 Å². The largest absolute Gasteiger partial charge is 0.339 e. The van der Waals surface area contributed by atoms with Crippen molar-refractivity contribution in [2.45, 2.75) is 38.1 Å². The molecule has 3 nitrogen and oxygen atoms in total. The van der Waals surface area contributed by atoms with Gasteiger partial charge in [0.15, 0.2) is 0 Å². The van der Waals surface area contributed by atoms with E-state index >= 15 is 0 Å². The second-order valence-corrected chi connectivity index (χ2v) is 5.40. The van der Waals surface area contributed by atoms with E-state index in [1.54, 1.807) is 11.3 Å². The molecule has 1 unspecified atom stereocenters. The number of piperidine rings is 1. The van der Waals surface area contributed by atoms with Gasteiger partial charge in [-0.05, 0) is 54.6 Å². The van der Waals surface area contributed by atoms with Crippen LogP contribution in [0, 0.1) is 0 Å². The number of amides is 1. The Balaban J connectivity index is 1.96. The molecule has 1 amide bonds. The van der Waals surface area contributed by atoms with Gasteiger partial charge in [0.1, 0.15) is 0 Å². The summed E-state index contributed by atoms with van der Waals surface area (Å²) in [7, 11) is 0. The second kappa shape index (κ2) is 6.17. The van der Waals surface area contributed by atoms with Crippen LogP contribution in [0.5, 0.6) is 0 Å². The van der Waals surface area contributed by atoms with Crippen LogP contribution in [0.25, 0.3) is 0 Å². The molecule has 0 saturated carbocycles. The van der Waals surface area contributed by atoms with E-state index < -0.39 is 0 Å². The first-order chi connectivity index (χ1) is 8.31. The molecular formula is C13H20N2OS. The summed E-state index contributed by atoms with van der Waals surface area (Å²) in [5, 5.41) is 4.08. The number of nitrogens with zero attached hydrogens (tertiary/aromatic N) is 1. The summed E-state index contributed by atoms with van der Waals surface area (Å²) in [6.45, 7) is 1.58. The second-order valence-electron chi connectivity index (χ2n) is 4.62. The van der Waals surface area contributed by atoms with Gasteiger partial charge in [0.05, 0.1) is 6.42 Å². The fourth-order valence-corrected chi connectivity index (χ4v) is 3.16. The van der Waals surface area contributed by atoms with Gasteiger partial charge < -0.3 is 10.6 Å². The number of nitrogens with two attached hydrogens (primary N) is 1. The number of rotatable bonds is 4. The van der Waals surface area contributed by atoms with Crippen molar-refractivity contribution in [2.75, 3.05) is 13.1 Å². The van der Waals surface area contributed by atoms with Gasteiger partial charge in [-0.2, -0.15) is 11.3 Å². The highest BCUT2D eigenvalue weighted by Gasteiger charge is 2.25. The minimum Gasteiger partial charge on any atom is -0.339 e. The molecule has 0 spiro atoms. The van der Waals surface area contributed by atoms with Gasteiger partial charge in [0.25, 0.3) is 0 Å². The normalized spacial score (nSPS) is 20.5. The number of hydrogen-bond donors (Lipinski definition) is 1. The molecule has 0 aliphatic carbocycles. The average molecular weight is 252 g/mol. The van der Waals surface area contributed by atoms with Crippen molar-refractivity contribution in [3.05, 3.63) is 22.4 Å². The van der Waals surface area contributed by atoms with Gasteiger partial charge in [0, 0.05) is 12.6 Å². The summed E-state index contributed by atoms with van der Waals surface area (Å²) in [5.74, 6) is 0.265. The van der Waals surface area contributed by atoms with Crippen molar-refractivity contribution in [3.8, 4) is 0 Å². The molecule has 2 rings (SSSR count). The highest BCUT2D eigenvalue weighted by molar-refractivity contribution is 7.07. The van der Waals surface area contributed by atoms with Crippen LogP contribution in [0.4, 0.5) is 0 Å². The van der Waals surface area contributed by atoms with Crippen molar-refractivity contribution in [2.24, 2.45) is 5.73 Å². The van der Waals surface area contributed by atoms with Crippen LogP contribution in [0.15, 0.2) is 16.8 Å². The lowest BCUT2D eigenvalue weighted by atomic mass is 9.98. The summed E-state index contributed by atoms with van der Waals surface area (Å²) in [5.41, 5.74) is 6.76. The number of carbonyl (C=O) groups is 1. The SMILES string of the molecule is NCCC1CCCCN1C(=O)Cc1ccsc1. The van der Waals surface area contributed by atoms with Crippen LogP contribution >= 0.6 is 11.3 Å². The third-order valence-electron chi connectivity index (χ3n) is 3.38. The predicted molar refractivity (Wildman–Crippen MR) is 71.0 cm³/mol. The Morgan fingerprint density at radius 2 is 2.41 bits per heavy atom. The Morgan fingerprint density at radius 3 is 3.12 bits per heavy atom. The standard InChI is InChI=1S/C13H20N2OS/c14-6-4-12-3-1-2-7-15(12)13(16)9-11-5-8-17-10-11/h5,8,10,12H,1-4,6-7,9,14H2. The summed E-state index contributed by atoms with van der Waals surface area (Å²) < 4.78 is 0. The lowest BCUT2D eigenvalue weighted by Crippen LogP contribution is -2.45. The van der Waals surface area contributed by atoms with E-state index in [1.807, 2.05) is 16.3 Å². The maximum atomic E-state index is 12.2. The molecule has 0 bridgehead atoms. The van der Waals surface area contributed by atoms with E-state index in [0.29, 0.717) is 19.0 Å². The number of thiophene rings is 1. The van der Waals surface area contributed by atoms with E-state index in [4.69, 9.17) is 5.73 Å². The Labute approximate surface area is 107 Å². The number of hydrogen-bond acceptors (Lipinski definition) is 3.